The average molecular weight is 175 g/mol. The van der Waals surface area contributed by atoms with Crippen LogP contribution in [0.15, 0.2) is 24.3 Å². The molecular formula is C12H17N. The SMILES string of the molecule is CC(N)C1CCCc2ccccc21. The summed E-state index contributed by atoms with van der Waals surface area (Å²) in [6, 6.07) is 9.02. The smallest absolute Gasteiger partial charge is 0.00794 e. The quantitative estimate of drug-likeness (QED) is 0.697. The summed E-state index contributed by atoms with van der Waals surface area (Å²) in [4.78, 5) is 0. The minimum atomic E-state index is 0.293. The summed E-state index contributed by atoms with van der Waals surface area (Å²) in [5.41, 5.74) is 8.98. The van der Waals surface area contributed by atoms with Gasteiger partial charge in [-0.2, -0.15) is 0 Å². The standard InChI is InChI=1S/C12H17N/c1-9(13)11-8-4-6-10-5-2-3-7-12(10)11/h2-3,5,7,9,11H,4,6,8,13H2,1H3. The minimum absolute atomic E-state index is 0.293. The second kappa shape index (κ2) is 3.51. The van der Waals surface area contributed by atoms with Gasteiger partial charge >= 0.3 is 0 Å². The van der Waals surface area contributed by atoms with Gasteiger partial charge in [0.15, 0.2) is 0 Å². The Morgan fingerprint density at radius 2 is 2.15 bits per heavy atom. The lowest BCUT2D eigenvalue weighted by Gasteiger charge is -2.28. The molecule has 0 saturated carbocycles. The zero-order valence-corrected chi connectivity index (χ0v) is 8.16. The van der Waals surface area contributed by atoms with Gasteiger partial charge in [-0.15, -0.1) is 0 Å². The molecule has 1 aliphatic carbocycles. The van der Waals surface area contributed by atoms with E-state index in [9.17, 15) is 0 Å². The molecule has 0 aromatic heterocycles. The molecule has 1 aliphatic rings. The lowest BCUT2D eigenvalue weighted by Crippen LogP contribution is -2.27. The molecule has 0 heterocycles. The predicted octanol–water partition coefficient (Wildman–Crippen LogP) is 2.45. The largest absolute Gasteiger partial charge is 0.327 e. The van der Waals surface area contributed by atoms with Crippen molar-refractivity contribution in [2.45, 2.75) is 38.1 Å². The summed E-state index contributed by atoms with van der Waals surface area (Å²) in [7, 11) is 0. The lowest BCUT2D eigenvalue weighted by atomic mass is 9.79. The molecule has 1 heteroatoms. The van der Waals surface area contributed by atoms with Crippen LogP contribution in [0.2, 0.25) is 0 Å². The summed E-state index contributed by atoms with van der Waals surface area (Å²) in [6.07, 6.45) is 3.79. The first-order valence-corrected chi connectivity index (χ1v) is 5.12. The first kappa shape index (κ1) is 8.76. The summed E-state index contributed by atoms with van der Waals surface area (Å²) < 4.78 is 0. The Bertz CT molecular complexity index is 291. The molecule has 0 bridgehead atoms. The molecule has 0 aliphatic heterocycles. The van der Waals surface area contributed by atoms with E-state index in [2.05, 4.69) is 31.2 Å². The molecule has 0 radical (unpaired) electrons. The molecular weight excluding hydrogens is 158 g/mol. The van der Waals surface area contributed by atoms with Crippen LogP contribution in [-0.4, -0.2) is 6.04 Å². The van der Waals surface area contributed by atoms with E-state index < -0.39 is 0 Å². The third-order valence-electron chi connectivity index (χ3n) is 3.05. The van der Waals surface area contributed by atoms with Crippen molar-refractivity contribution >= 4 is 0 Å². The average Bonchev–Trinajstić information content (AvgIpc) is 2.17. The number of rotatable bonds is 1. The van der Waals surface area contributed by atoms with Crippen molar-refractivity contribution in [3.8, 4) is 0 Å². The highest BCUT2D eigenvalue weighted by Crippen LogP contribution is 2.32. The van der Waals surface area contributed by atoms with Crippen LogP contribution in [0.1, 0.15) is 36.8 Å². The van der Waals surface area contributed by atoms with E-state index in [-0.39, 0.29) is 0 Å². The maximum Gasteiger partial charge on any atom is 0.00794 e. The van der Waals surface area contributed by atoms with Gasteiger partial charge in [0, 0.05) is 6.04 Å². The van der Waals surface area contributed by atoms with Gasteiger partial charge in [0.05, 0.1) is 0 Å². The van der Waals surface area contributed by atoms with Crippen LogP contribution in [0.3, 0.4) is 0 Å². The van der Waals surface area contributed by atoms with E-state index in [0.717, 1.165) is 0 Å². The van der Waals surface area contributed by atoms with Crippen molar-refractivity contribution < 1.29 is 0 Å². The molecule has 0 saturated heterocycles. The number of fused-ring (bicyclic) bond motifs is 1. The van der Waals surface area contributed by atoms with Gasteiger partial charge in [0.1, 0.15) is 0 Å². The summed E-state index contributed by atoms with van der Waals surface area (Å²) >= 11 is 0. The summed E-state index contributed by atoms with van der Waals surface area (Å²) in [5, 5.41) is 0. The molecule has 0 amide bonds. The molecule has 0 spiro atoms. The normalized spacial score (nSPS) is 23.7. The second-order valence-electron chi connectivity index (χ2n) is 4.06. The molecule has 2 N–H and O–H groups in total. The topological polar surface area (TPSA) is 26.0 Å². The highest BCUT2D eigenvalue weighted by Gasteiger charge is 2.22. The van der Waals surface area contributed by atoms with Gasteiger partial charge in [-0.05, 0) is 43.2 Å². The van der Waals surface area contributed by atoms with E-state index in [4.69, 9.17) is 5.73 Å². The van der Waals surface area contributed by atoms with Gasteiger partial charge in [-0.1, -0.05) is 24.3 Å². The minimum Gasteiger partial charge on any atom is -0.327 e. The number of benzene rings is 1. The van der Waals surface area contributed by atoms with Crippen LogP contribution < -0.4 is 5.73 Å². The van der Waals surface area contributed by atoms with Crippen molar-refractivity contribution in [3.05, 3.63) is 35.4 Å². The Balaban J connectivity index is 2.37. The first-order valence-electron chi connectivity index (χ1n) is 5.12. The molecule has 70 valence electrons. The number of nitrogens with two attached hydrogens (primary N) is 1. The lowest BCUT2D eigenvalue weighted by molar-refractivity contribution is 0.485. The molecule has 1 nitrogen and oxygen atoms in total. The third-order valence-corrected chi connectivity index (χ3v) is 3.05. The van der Waals surface area contributed by atoms with Gasteiger partial charge in [0.2, 0.25) is 0 Å². The maximum absolute atomic E-state index is 5.98. The second-order valence-corrected chi connectivity index (χ2v) is 4.06. The summed E-state index contributed by atoms with van der Waals surface area (Å²) in [6.45, 7) is 2.12. The van der Waals surface area contributed by atoms with Gasteiger partial charge < -0.3 is 5.73 Å². The van der Waals surface area contributed by atoms with Crippen molar-refractivity contribution in [1.82, 2.24) is 0 Å². The fraction of sp³-hybridized carbons (Fsp3) is 0.500. The van der Waals surface area contributed by atoms with Gasteiger partial charge in [0.25, 0.3) is 0 Å². The number of hydrogen-bond acceptors (Lipinski definition) is 1. The Labute approximate surface area is 80.0 Å². The van der Waals surface area contributed by atoms with Crippen LogP contribution in [0, 0.1) is 0 Å². The molecule has 1 aromatic carbocycles. The van der Waals surface area contributed by atoms with Gasteiger partial charge in [-0.25, -0.2) is 0 Å². The van der Waals surface area contributed by atoms with Crippen LogP contribution in [0.4, 0.5) is 0 Å². The van der Waals surface area contributed by atoms with Crippen molar-refractivity contribution in [2.75, 3.05) is 0 Å². The number of aryl methyl sites for hydroxylation is 1. The van der Waals surface area contributed by atoms with E-state index in [1.165, 1.54) is 30.4 Å². The molecule has 2 unspecified atom stereocenters. The van der Waals surface area contributed by atoms with Crippen molar-refractivity contribution in [2.24, 2.45) is 5.73 Å². The molecule has 2 rings (SSSR count). The fourth-order valence-corrected chi connectivity index (χ4v) is 2.34. The Morgan fingerprint density at radius 1 is 1.38 bits per heavy atom. The van der Waals surface area contributed by atoms with E-state index >= 15 is 0 Å². The van der Waals surface area contributed by atoms with Crippen LogP contribution in [0.25, 0.3) is 0 Å². The van der Waals surface area contributed by atoms with Gasteiger partial charge in [-0.3, -0.25) is 0 Å². The zero-order valence-electron chi connectivity index (χ0n) is 8.16. The van der Waals surface area contributed by atoms with Crippen molar-refractivity contribution in [1.29, 1.82) is 0 Å². The fourth-order valence-electron chi connectivity index (χ4n) is 2.34. The van der Waals surface area contributed by atoms with Crippen LogP contribution in [0.5, 0.6) is 0 Å². The zero-order chi connectivity index (χ0) is 9.26. The highest BCUT2D eigenvalue weighted by atomic mass is 14.6. The Kier molecular flexibility index (Phi) is 2.36. The predicted molar refractivity (Wildman–Crippen MR) is 55.8 cm³/mol. The molecule has 1 aromatic rings. The number of hydrogen-bond donors (Lipinski definition) is 1. The van der Waals surface area contributed by atoms with E-state index in [1.54, 1.807) is 0 Å². The Hall–Kier alpha value is -0.820. The Morgan fingerprint density at radius 3 is 2.92 bits per heavy atom. The molecule has 13 heavy (non-hydrogen) atoms. The van der Waals surface area contributed by atoms with E-state index in [0.29, 0.717) is 12.0 Å². The van der Waals surface area contributed by atoms with Crippen LogP contribution in [-0.2, 0) is 6.42 Å². The highest BCUT2D eigenvalue weighted by molar-refractivity contribution is 5.33. The third kappa shape index (κ3) is 1.61. The maximum atomic E-state index is 5.98. The van der Waals surface area contributed by atoms with Crippen molar-refractivity contribution in [3.63, 3.8) is 0 Å². The molecule has 2 atom stereocenters. The summed E-state index contributed by atoms with van der Waals surface area (Å²) in [5.74, 6) is 0.588. The monoisotopic (exact) mass is 175 g/mol. The van der Waals surface area contributed by atoms with E-state index in [1.807, 2.05) is 0 Å². The first-order chi connectivity index (χ1) is 6.29. The molecule has 0 fully saturated rings. The van der Waals surface area contributed by atoms with Crippen LogP contribution >= 0.6 is 0 Å².